The highest BCUT2D eigenvalue weighted by Crippen LogP contribution is 1.89. The van der Waals surface area contributed by atoms with Crippen molar-refractivity contribution in [2.75, 3.05) is 26.0 Å². The molecule has 2 unspecified atom stereocenters. The van der Waals surface area contributed by atoms with Gasteiger partial charge < -0.3 is 15.4 Å². The van der Waals surface area contributed by atoms with Crippen LogP contribution in [0.5, 0.6) is 0 Å². The Morgan fingerprint density at radius 3 is 2.50 bits per heavy atom. The van der Waals surface area contributed by atoms with E-state index in [1.54, 1.807) is 20.1 Å². The molecule has 16 heavy (non-hydrogen) atoms. The van der Waals surface area contributed by atoms with Crippen LogP contribution in [0.25, 0.3) is 0 Å². The molecular formula is C9H18N2O4S. The quantitative estimate of drug-likeness (QED) is 0.629. The summed E-state index contributed by atoms with van der Waals surface area (Å²) in [4.78, 5) is 22.0. The Balaban J connectivity index is 3.67. The highest BCUT2D eigenvalue weighted by Gasteiger charge is 2.09. The zero-order valence-electron chi connectivity index (χ0n) is 9.74. The van der Waals surface area contributed by atoms with Crippen LogP contribution < -0.4 is 10.6 Å². The predicted molar refractivity (Wildman–Crippen MR) is 61.6 cm³/mol. The van der Waals surface area contributed by atoms with Crippen LogP contribution in [0.2, 0.25) is 0 Å². The zero-order chi connectivity index (χ0) is 12.6. The number of carbonyl (C=O) groups excluding carboxylic acids is 2. The van der Waals surface area contributed by atoms with Gasteiger partial charge in [0, 0.05) is 28.9 Å². The fraction of sp³-hybridized carbons (Fsp3) is 0.778. The van der Waals surface area contributed by atoms with Crippen LogP contribution >= 0.6 is 0 Å². The molecule has 2 atom stereocenters. The molecule has 0 fully saturated rings. The van der Waals surface area contributed by atoms with Crippen LogP contribution in [0.3, 0.4) is 0 Å². The molecule has 0 heterocycles. The van der Waals surface area contributed by atoms with Gasteiger partial charge in [-0.3, -0.25) is 9.00 Å². The Morgan fingerprint density at radius 1 is 1.38 bits per heavy atom. The largest absolute Gasteiger partial charge is 0.465 e. The Kier molecular flexibility index (Phi) is 7.53. The maximum Gasteiger partial charge on any atom is 0.325 e. The van der Waals surface area contributed by atoms with E-state index in [0.29, 0.717) is 6.54 Å². The molecule has 0 aliphatic rings. The average Bonchev–Trinajstić information content (AvgIpc) is 2.23. The number of hydrogen-bond acceptors (Lipinski definition) is 4. The monoisotopic (exact) mass is 250 g/mol. The van der Waals surface area contributed by atoms with Gasteiger partial charge in [0.25, 0.3) is 0 Å². The summed E-state index contributed by atoms with van der Waals surface area (Å²) < 4.78 is 15.6. The predicted octanol–water partition coefficient (Wildman–Crippen LogP) is -0.384. The van der Waals surface area contributed by atoms with Crippen molar-refractivity contribution in [2.24, 2.45) is 0 Å². The number of hydrogen-bond donors (Lipinski definition) is 2. The van der Waals surface area contributed by atoms with Crippen LogP contribution in [-0.4, -0.2) is 47.4 Å². The minimum absolute atomic E-state index is 0.117. The van der Waals surface area contributed by atoms with Crippen molar-refractivity contribution in [2.45, 2.75) is 19.1 Å². The molecule has 0 aliphatic heterocycles. The Hall–Kier alpha value is -1.11. The highest BCUT2D eigenvalue weighted by atomic mass is 32.2. The van der Waals surface area contributed by atoms with Crippen LogP contribution in [0.4, 0.5) is 4.79 Å². The van der Waals surface area contributed by atoms with Gasteiger partial charge in [0.2, 0.25) is 0 Å². The zero-order valence-corrected chi connectivity index (χ0v) is 10.6. The molecule has 0 rings (SSSR count). The molecule has 0 spiro atoms. The van der Waals surface area contributed by atoms with Crippen molar-refractivity contribution in [3.63, 3.8) is 0 Å². The fourth-order valence-electron chi connectivity index (χ4n) is 0.781. The molecule has 0 aliphatic carbocycles. The first-order chi connectivity index (χ1) is 7.47. The minimum atomic E-state index is -0.977. The molecule has 0 aromatic heterocycles. The second kappa shape index (κ2) is 8.09. The number of esters is 1. The fourth-order valence-corrected chi connectivity index (χ4v) is 1.10. The van der Waals surface area contributed by atoms with E-state index in [4.69, 9.17) is 0 Å². The summed E-state index contributed by atoms with van der Waals surface area (Å²) in [6.45, 7) is 3.88. The molecule has 0 radical (unpaired) electrons. The Morgan fingerprint density at radius 2 is 2.00 bits per heavy atom. The molecule has 6 nitrogen and oxygen atoms in total. The van der Waals surface area contributed by atoms with Gasteiger partial charge in [0.05, 0.1) is 6.61 Å². The average molecular weight is 250 g/mol. The molecule has 0 aromatic carbocycles. The van der Waals surface area contributed by atoms with Gasteiger partial charge in [-0.2, -0.15) is 0 Å². The van der Waals surface area contributed by atoms with Crippen molar-refractivity contribution in [3.8, 4) is 0 Å². The molecule has 0 aromatic rings. The number of ether oxygens (including phenoxy) is 1. The number of rotatable bonds is 6. The van der Waals surface area contributed by atoms with Gasteiger partial charge in [-0.25, -0.2) is 4.79 Å². The third kappa shape index (κ3) is 7.22. The van der Waals surface area contributed by atoms with Gasteiger partial charge in [0.15, 0.2) is 0 Å². The Bertz CT molecular complexity index is 270. The number of urea groups is 1. The summed E-state index contributed by atoms with van der Waals surface area (Å²) in [5.41, 5.74) is 0. The molecule has 7 heteroatoms. The molecule has 0 saturated carbocycles. The van der Waals surface area contributed by atoms with Gasteiger partial charge in [-0.05, 0) is 13.8 Å². The van der Waals surface area contributed by atoms with Crippen molar-refractivity contribution in [1.82, 2.24) is 10.6 Å². The maximum atomic E-state index is 11.1. The number of nitrogens with one attached hydrogen (secondary N) is 2. The molecule has 0 saturated heterocycles. The van der Waals surface area contributed by atoms with E-state index in [9.17, 15) is 13.8 Å². The summed E-state index contributed by atoms with van der Waals surface area (Å²) in [5.74, 6) is -0.482. The lowest BCUT2D eigenvalue weighted by molar-refractivity contribution is -0.141. The van der Waals surface area contributed by atoms with E-state index in [1.165, 1.54) is 0 Å². The third-order valence-electron chi connectivity index (χ3n) is 1.82. The van der Waals surface area contributed by atoms with Crippen molar-refractivity contribution < 1.29 is 18.5 Å². The van der Waals surface area contributed by atoms with E-state index >= 15 is 0 Å². The van der Waals surface area contributed by atoms with Crippen LogP contribution in [0.15, 0.2) is 0 Å². The van der Waals surface area contributed by atoms with E-state index in [-0.39, 0.29) is 18.4 Å². The van der Waals surface area contributed by atoms with Gasteiger partial charge in [-0.15, -0.1) is 0 Å². The molecule has 2 amide bonds. The third-order valence-corrected chi connectivity index (χ3v) is 3.12. The van der Waals surface area contributed by atoms with E-state index in [1.807, 2.05) is 0 Å². The van der Waals surface area contributed by atoms with Gasteiger partial charge in [-0.1, -0.05) is 0 Å². The SMILES string of the molecule is CCOC(=O)CNC(=O)NCC(C)S(C)=O. The molecule has 2 N–H and O–H groups in total. The molecule has 94 valence electrons. The summed E-state index contributed by atoms with van der Waals surface area (Å²) >= 11 is 0. The lowest BCUT2D eigenvalue weighted by Crippen LogP contribution is -2.42. The summed E-state index contributed by atoms with van der Waals surface area (Å²) in [5, 5.41) is 4.73. The highest BCUT2D eigenvalue weighted by molar-refractivity contribution is 7.84. The molecular weight excluding hydrogens is 232 g/mol. The van der Waals surface area contributed by atoms with Crippen LogP contribution in [0, 0.1) is 0 Å². The van der Waals surface area contributed by atoms with Crippen molar-refractivity contribution in [3.05, 3.63) is 0 Å². The van der Waals surface area contributed by atoms with Crippen LogP contribution in [0.1, 0.15) is 13.8 Å². The first kappa shape index (κ1) is 14.9. The lowest BCUT2D eigenvalue weighted by Gasteiger charge is -2.10. The lowest BCUT2D eigenvalue weighted by atomic mass is 10.5. The Labute approximate surface area is 97.6 Å². The summed E-state index contributed by atoms with van der Waals surface area (Å²) in [7, 11) is -0.977. The second-order valence-electron chi connectivity index (χ2n) is 3.18. The maximum absolute atomic E-state index is 11.1. The van der Waals surface area contributed by atoms with Crippen LogP contribution in [-0.2, 0) is 20.3 Å². The number of amides is 2. The number of carbonyl (C=O) groups is 2. The first-order valence-corrected chi connectivity index (χ1v) is 6.59. The normalized spacial score (nSPS) is 13.7. The van der Waals surface area contributed by atoms with Gasteiger partial charge >= 0.3 is 12.0 Å². The topological polar surface area (TPSA) is 84.5 Å². The minimum Gasteiger partial charge on any atom is -0.465 e. The van der Waals surface area contributed by atoms with Crippen molar-refractivity contribution in [1.29, 1.82) is 0 Å². The second-order valence-corrected chi connectivity index (χ2v) is 4.98. The standard InChI is InChI=1S/C9H18N2O4S/c1-4-15-8(12)6-11-9(13)10-5-7(2)16(3)14/h7H,4-6H2,1-3H3,(H2,10,11,13). The van der Waals surface area contributed by atoms with Gasteiger partial charge in [0.1, 0.15) is 6.54 Å². The van der Waals surface area contributed by atoms with Crippen molar-refractivity contribution >= 4 is 22.8 Å². The van der Waals surface area contributed by atoms with E-state index in [0.717, 1.165) is 0 Å². The van der Waals surface area contributed by atoms with E-state index < -0.39 is 22.8 Å². The summed E-state index contributed by atoms with van der Waals surface area (Å²) in [6, 6.07) is -0.467. The smallest absolute Gasteiger partial charge is 0.325 e. The van der Waals surface area contributed by atoms with E-state index in [2.05, 4.69) is 15.4 Å². The first-order valence-electron chi connectivity index (χ1n) is 4.97. The molecule has 0 bridgehead atoms. The summed E-state index contributed by atoms with van der Waals surface area (Å²) in [6.07, 6.45) is 1.57.